The van der Waals surface area contributed by atoms with E-state index >= 15 is 0 Å². The van der Waals surface area contributed by atoms with Gasteiger partial charge in [0.25, 0.3) is 0 Å². The van der Waals surface area contributed by atoms with Crippen LogP contribution in [-0.2, 0) is 4.79 Å². The molecule has 0 saturated carbocycles. The second kappa shape index (κ2) is 6.11. The summed E-state index contributed by atoms with van der Waals surface area (Å²) >= 11 is 0. The molecule has 1 atom stereocenters. The number of aliphatic carboxylic acids is 1. The fraction of sp³-hybridized carbons (Fsp3) is 0.467. The van der Waals surface area contributed by atoms with Crippen molar-refractivity contribution in [3.8, 4) is 0 Å². The van der Waals surface area contributed by atoms with Crippen LogP contribution in [0.2, 0.25) is 0 Å². The van der Waals surface area contributed by atoms with Gasteiger partial charge < -0.3 is 15.3 Å². The molecule has 0 bridgehead atoms. The number of hydrogen-bond donors (Lipinski definition) is 2. The fourth-order valence-corrected chi connectivity index (χ4v) is 2.53. The molecule has 2 N–H and O–H groups in total. The van der Waals surface area contributed by atoms with Gasteiger partial charge in [0.1, 0.15) is 11.9 Å². The van der Waals surface area contributed by atoms with Gasteiger partial charge in [-0.25, -0.2) is 14.0 Å². The molecule has 1 fully saturated rings. The van der Waals surface area contributed by atoms with Gasteiger partial charge in [-0.05, 0) is 36.5 Å². The number of likely N-dealkylation sites (tertiary alicyclic amines) is 1. The Balaban J connectivity index is 2.09. The third-order valence-electron chi connectivity index (χ3n) is 3.67. The van der Waals surface area contributed by atoms with E-state index in [1.54, 1.807) is 12.1 Å². The number of carboxylic acid groups (broad SMARTS) is 1. The summed E-state index contributed by atoms with van der Waals surface area (Å²) in [5.74, 6) is -1.33. The number of hydrogen-bond acceptors (Lipinski definition) is 2. The number of nitrogens with zero attached hydrogens (tertiary/aromatic N) is 1. The van der Waals surface area contributed by atoms with Crippen molar-refractivity contribution in [2.45, 2.75) is 38.6 Å². The molecular weight excluding hydrogens is 275 g/mol. The number of carbonyl (C=O) groups excluding carboxylic acids is 1. The average molecular weight is 294 g/mol. The first-order chi connectivity index (χ1) is 9.90. The zero-order valence-electron chi connectivity index (χ0n) is 12.1. The molecule has 6 heteroatoms. The van der Waals surface area contributed by atoms with Gasteiger partial charge in [0.15, 0.2) is 0 Å². The van der Waals surface area contributed by atoms with E-state index in [-0.39, 0.29) is 11.7 Å². The summed E-state index contributed by atoms with van der Waals surface area (Å²) in [6.45, 7) is 4.17. The minimum atomic E-state index is -1.01. The zero-order valence-corrected chi connectivity index (χ0v) is 12.1. The van der Waals surface area contributed by atoms with Gasteiger partial charge in [-0.3, -0.25) is 0 Å². The van der Waals surface area contributed by atoms with E-state index in [0.29, 0.717) is 30.6 Å². The van der Waals surface area contributed by atoms with Crippen molar-refractivity contribution in [1.82, 2.24) is 4.90 Å². The van der Waals surface area contributed by atoms with Crippen molar-refractivity contribution >= 4 is 17.7 Å². The summed E-state index contributed by atoms with van der Waals surface area (Å²) in [5, 5.41) is 11.6. The Morgan fingerprint density at radius 3 is 2.71 bits per heavy atom. The Morgan fingerprint density at radius 1 is 1.43 bits per heavy atom. The number of halogens is 1. The maximum absolute atomic E-state index is 13.9. The molecule has 1 heterocycles. The Labute approximate surface area is 122 Å². The molecule has 1 aromatic carbocycles. The SMILES string of the molecule is CC(C)c1ccc(NC(=O)N2CCC[C@@H]2C(=O)O)cc1F. The summed E-state index contributed by atoms with van der Waals surface area (Å²) in [6.07, 6.45) is 1.11. The first-order valence-electron chi connectivity index (χ1n) is 7.00. The maximum Gasteiger partial charge on any atom is 0.326 e. The first-order valence-corrected chi connectivity index (χ1v) is 7.00. The summed E-state index contributed by atoms with van der Waals surface area (Å²) in [7, 11) is 0. The minimum Gasteiger partial charge on any atom is -0.480 e. The molecule has 5 nitrogen and oxygen atoms in total. The van der Waals surface area contributed by atoms with E-state index in [9.17, 15) is 14.0 Å². The lowest BCUT2D eigenvalue weighted by atomic mass is 10.0. The highest BCUT2D eigenvalue weighted by Gasteiger charge is 2.34. The van der Waals surface area contributed by atoms with Crippen LogP contribution < -0.4 is 5.32 Å². The molecule has 0 aromatic heterocycles. The van der Waals surface area contributed by atoms with Gasteiger partial charge in [0.05, 0.1) is 0 Å². The Hall–Kier alpha value is -2.11. The summed E-state index contributed by atoms with van der Waals surface area (Å²) in [6, 6.07) is 3.22. The van der Waals surface area contributed by atoms with Gasteiger partial charge in [0, 0.05) is 12.2 Å². The van der Waals surface area contributed by atoms with Crippen molar-refractivity contribution in [2.75, 3.05) is 11.9 Å². The molecule has 2 rings (SSSR count). The molecule has 0 spiro atoms. The largest absolute Gasteiger partial charge is 0.480 e. The summed E-state index contributed by atoms with van der Waals surface area (Å²) in [4.78, 5) is 24.4. The van der Waals surface area contributed by atoms with Crippen molar-refractivity contribution in [1.29, 1.82) is 0 Å². The van der Waals surface area contributed by atoms with E-state index in [2.05, 4.69) is 5.32 Å². The molecule has 0 aliphatic carbocycles. The van der Waals surface area contributed by atoms with Crippen LogP contribution in [0.4, 0.5) is 14.9 Å². The topological polar surface area (TPSA) is 69.6 Å². The van der Waals surface area contributed by atoms with Gasteiger partial charge in [-0.15, -0.1) is 0 Å². The highest BCUT2D eigenvalue weighted by molar-refractivity contribution is 5.92. The van der Waals surface area contributed by atoms with E-state index in [1.807, 2.05) is 13.8 Å². The van der Waals surface area contributed by atoms with Crippen molar-refractivity contribution < 1.29 is 19.1 Å². The molecule has 2 amide bonds. The molecule has 0 unspecified atom stereocenters. The third kappa shape index (κ3) is 3.32. The van der Waals surface area contributed by atoms with Crippen LogP contribution in [0.5, 0.6) is 0 Å². The van der Waals surface area contributed by atoms with Crippen molar-refractivity contribution in [2.24, 2.45) is 0 Å². The number of nitrogens with one attached hydrogen (secondary N) is 1. The fourth-order valence-electron chi connectivity index (χ4n) is 2.53. The molecule has 114 valence electrons. The molecule has 1 saturated heterocycles. The Bertz CT molecular complexity index is 560. The highest BCUT2D eigenvalue weighted by atomic mass is 19.1. The van der Waals surface area contributed by atoms with Crippen LogP contribution in [0.25, 0.3) is 0 Å². The number of benzene rings is 1. The van der Waals surface area contributed by atoms with Gasteiger partial charge in [0.2, 0.25) is 0 Å². The number of amides is 2. The molecule has 1 aromatic rings. The highest BCUT2D eigenvalue weighted by Crippen LogP contribution is 2.23. The van der Waals surface area contributed by atoms with E-state index in [1.165, 1.54) is 11.0 Å². The monoisotopic (exact) mass is 294 g/mol. The van der Waals surface area contributed by atoms with Crippen LogP contribution in [0, 0.1) is 5.82 Å². The predicted octanol–water partition coefficient (Wildman–Crippen LogP) is 3.03. The molecular formula is C15H19FN2O3. The van der Waals surface area contributed by atoms with E-state index in [4.69, 9.17) is 5.11 Å². The van der Waals surface area contributed by atoms with Crippen LogP contribution >= 0.6 is 0 Å². The van der Waals surface area contributed by atoms with Crippen LogP contribution in [0.3, 0.4) is 0 Å². The van der Waals surface area contributed by atoms with Crippen LogP contribution in [0.1, 0.15) is 38.2 Å². The van der Waals surface area contributed by atoms with Crippen LogP contribution in [-0.4, -0.2) is 34.6 Å². The zero-order chi connectivity index (χ0) is 15.6. The number of carbonyl (C=O) groups is 2. The maximum atomic E-state index is 13.9. The molecule has 1 aliphatic heterocycles. The van der Waals surface area contributed by atoms with Crippen LogP contribution in [0.15, 0.2) is 18.2 Å². The van der Waals surface area contributed by atoms with Crippen molar-refractivity contribution in [3.05, 3.63) is 29.6 Å². The first kappa shape index (κ1) is 15.3. The number of carboxylic acids is 1. The average Bonchev–Trinajstić information content (AvgIpc) is 2.87. The second-order valence-electron chi connectivity index (χ2n) is 5.51. The normalized spacial score (nSPS) is 18.1. The summed E-state index contributed by atoms with van der Waals surface area (Å²) < 4.78 is 13.9. The lowest BCUT2D eigenvalue weighted by molar-refractivity contribution is -0.141. The second-order valence-corrected chi connectivity index (χ2v) is 5.51. The third-order valence-corrected chi connectivity index (χ3v) is 3.67. The van der Waals surface area contributed by atoms with Gasteiger partial charge in [-0.2, -0.15) is 0 Å². The lowest BCUT2D eigenvalue weighted by Crippen LogP contribution is -2.42. The van der Waals surface area contributed by atoms with E-state index in [0.717, 1.165) is 0 Å². The van der Waals surface area contributed by atoms with Gasteiger partial charge >= 0.3 is 12.0 Å². The van der Waals surface area contributed by atoms with Crippen molar-refractivity contribution in [3.63, 3.8) is 0 Å². The smallest absolute Gasteiger partial charge is 0.326 e. The molecule has 21 heavy (non-hydrogen) atoms. The lowest BCUT2D eigenvalue weighted by Gasteiger charge is -2.22. The number of rotatable bonds is 3. The molecule has 0 radical (unpaired) electrons. The predicted molar refractivity (Wildman–Crippen MR) is 76.9 cm³/mol. The standard InChI is InChI=1S/C15H19FN2O3/c1-9(2)11-6-5-10(8-12(11)16)17-15(21)18-7-3-4-13(18)14(19)20/h5-6,8-9,13H,3-4,7H2,1-2H3,(H,17,21)(H,19,20)/t13-/m1/s1. The summed E-state index contributed by atoms with van der Waals surface area (Å²) in [5.41, 5.74) is 0.913. The van der Waals surface area contributed by atoms with Gasteiger partial charge in [-0.1, -0.05) is 19.9 Å². The Kier molecular flexibility index (Phi) is 4.45. The quantitative estimate of drug-likeness (QED) is 0.900. The Morgan fingerprint density at radius 2 is 2.14 bits per heavy atom. The van der Waals surface area contributed by atoms with E-state index < -0.39 is 18.0 Å². The number of anilines is 1. The minimum absolute atomic E-state index is 0.0599. The number of urea groups is 1. The molecule has 1 aliphatic rings.